The van der Waals surface area contributed by atoms with Gasteiger partial charge in [-0.15, -0.1) is 5.10 Å². The number of ether oxygens (including phenoxy) is 1. The summed E-state index contributed by atoms with van der Waals surface area (Å²) in [6, 6.07) is 12.2. The molecule has 0 fully saturated rings. The number of likely N-dealkylation sites (N-methyl/N-ethyl adjacent to an activating group) is 1. The van der Waals surface area contributed by atoms with Gasteiger partial charge in [0.2, 0.25) is 5.82 Å². The molecular weight excluding hydrogens is 412 g/mol. The first-order valence-electron chi connectivity index (χ1n) is 9.62. The molecule has 1 aliphatic rings. The van der Waals surface area contributed by atoms with E-state index in [9.17, 15) is 9.59 Å². The van der Waals surface area contributed by atoms with E-state index in [1.165, 1.54) is 11.3 Å². The summed E-state index contributed by atoms with van der Waals surface area (Å²) in [6.45, 7) is -0.0352. The third-order valence-electron chi connectivity index (χ3n) is 5.06. The number of nitrogens with one attached hydrogen (secondary N) is 2. The molecule has 2 aromatic carbocycles. The number of amides is 2. The van der Waals surface area contributed by atoms with Crippen LogP contribution in [0.4, 0.5) is 5.69 Å². The van der Waals surface area contributed by atoms with Crippen molar-refractivity contribution >= 4 is 28.6 Å². The summed E-state index contributed by atoms with van der Waals surface area (Å²) in [7, 11) is 1.61. The predicted octanol–water partition coefficient (Wildman–Crippen LogP) is 2.33. The molecule has 2 amide bonds. The molecule has 164 valence electrons. The van der Waals surface area contributed by atoms with Crippen molar-refractivity contribution in [3.8, 4) is 5.75 Å². The van der Waals surface area contributed by atoms with E-state index in [1.54, 1.807) is 19.2 Å². The number of aromatic nitrogens is 4. The highest BCUT2D eigenvalue weighted by Crippen LogP contribution is 2.34. The van der Waals surface area contributed by atoms with Crippen LogP contribution in [0.15, 0.2) is 53.3 Å². The van der Waals surface area contributed by atoms with E-state index in [2.05, 4.69) is 25.5 Å². The number of aromatic amines is 1. The van der Waals surface area contributed by atoms with Crippen LogP contribution in [0.1, 0.15) is 29.4 Å². The number of nitrogens with zero attached hydrogens (tertiary/aromatic N) is 4. The van der Waals surface area contributed by atoms with Crippen LogP contribution in [0.25, 0.3) is 11.1 Å². The van der Waals surface area contributed by atoms with Crippen LogP contribution < -0.4 is 15.0 Å². The van der Waals surface area contributed by atoms with Crippen molar-refractivity contribution < 1.29 is 18.7 Å². The number of oxazole rings is 1. The van der Waals surface area contributed by atoms with Gasteiger partial charge in [0, 0.05) is 25.6 Å². The first-order chi connectivity index (χ1) is 15.1. The lowest BCUT2D eigenvalue weighted by Crippen LogP contribution is -2.49. The summed E-state index contributed by atoms with van der Waals surface area (Å²) in [5.74, 6) is 0.111. The monoisotopic (exact) mass is 434 g/mol. The molecule has 2 aromatic heterocycles. The quantitative estimate of drug-likeness (QED) is 0.505. The second-order valence-corrected chi connectivity index (χ2v) is 7.14. The highest BCUT2D eigenvalue weighted by molar-refractivity contribution is 6.03. The molecular formula is C22H22N6O4. The van der Waals surface area contributed by atoms with Gasteiger partial charge >= 0.3 is 0 Å². The van der Waals surface area contributed by atoms with Gasteiger partial charge < -0.3 is 19.4 Å². The Balaban J connectivity index is 0.00000245. The highest BCUT2D eigenvalue weighted by Gasteiger charge is 2.32. The maximum Gasteiger partial charge on any atom is 0.291 e. The van der Waals surface area contributed by atoms with Crippen molar-refractivity contribution in [1.29, 1.82) is 0 Å². The Bertz CT molecular complexity index is 1270. The van der Waals surface area contributed by atoms with Gasteiger partial charge in [0.15, 0.2) is 12.0 Å². The molecule has 0 unspecified atom stereocenters. The van der Waals surface area contributed by atoms with Gasteiger partial charge in [-0.2, -0.15) is 0 Å². The average Bonchev–Trinajstić information content (AvgIpc) is 3.42. The summed E-state index contributed by atoms with van der Waals surface area (Å²) in [5.41, 5.74) is 2.73. The fourth-order valence-corrected chi connectivity index (χ4v) is 3.44. The number of carbonyl (C=O) groups excluding carboxylic acids is 2. The minimum absolute atomic E-state index is 0. The number of anilines is 1. The van der Waals surface area contributed by atoms with Crippen LogP contribution in [0.5, 0.6) is 5.75 Å². The van der Waals surface area contributed by atoms with E-state index in [0.717, 1.165) is 5.56 Å². The third kappa shape index (κ3) is 3.89. The summed E-state index contributed by atoms with van der Waals surface area (Å²) in [4.78, 5) is 35.4. The lowest BCUT2D eigenvalue weighted by atomic mass is 10.1. The molecule has 32 heavy (non-hydrogen) atoms. The molecule has 2 N–H and O–H groups in total. The third-order valence-corrected chi connectivity index (χ3v) is 5.06. The minimum atomic E-state index is -0.903. The zero-order valence-corrected chi connectivity index (χ0v) is 16.5. The van der Waals surface area contributed by atoms with Crippen LogP contribution in [-0.2, 0) is 11.2 Å². The first kappa shape index (κ1) is 21.0. The van der Waals surface area contributed by atoms with Gasteiger partial charge in [-0.25, -0.2) is 9.97 Å². The van der Waals surface area contributed by atoms with Crippen molar-refractivity contribution in [2.45, 2.75) is 19.9 Å². The van der Waals surface area contributed by atoms with Gasteiger partial charge in [0.1, 0.15) is 29.7 Å². The molecule has 5 rings (SSSR count). The van der Waals surface area contributed by atoms with E-state index < -0.39 is 11.9 Å². The molecule has 0 spiro atoms. The lowest BCUT2D eigenvalue weighted by molar-refractivity contribution is -0.120. The standard InChI is InChI=1S/C21H18N6O4.CH4/c1-27-15-9-16-13(22-11-31-16)8-17(15)30-10-14(21(27)29)23-20(28)19-24-18(25-26-19)7-12-5-3-2-4-6-12;/h2-6,8-9,11,14H,7,10H2,1H3,(H,23,28)(H,24,25,26);1H4/t14-;/m0./s1. The Labute approximate surface area is 183 Å². The van der Waals surface area contributed by atoms with Crippen molar-refractivity contribution in [2.24, 2.45) is 0 Å². The molecule has 4 aromatic rings. The van der Waals surface area contributed by atoms with E-state index in [4.69, 9.17) is 9.15 Å². The normalized spacial score (nSPS) is 15.5. The van der Waals surface area contributed by atoms with Gasteiger partial charge in [0.05, 0.1) is 5.69 Å². The number of hydrogen-bond acceptors (Lipinski definition) is 7. The van der Waals surface area contributed by atoms with Crippen molar-refractivity contribution in [3.63, 3.8) is 0 Å². The maximum atomic E-state index is 12.9. The van der Waals surface area contributed by atoms with Gasteiger partial charge in [0.25, 0.3) is 11.8 Å². The van der Waals surface area contributed by atoms with E-state index in [-0.39, 0.29) is 25.8 Å². The number of rotatable bonds is 4. The molecule has 3 heterocycles. The fraction of sp³-hybridized carbons (Fsp3) is 0.227. The molecule has 0 aliphatic carbocycles. The smallest absolute Gasteiger partial charge is 0.291 e. The summed E-state index contributed by atoms with van der Waals surface area (Å²) in [6.07, 6.45) is 1.84. The number of H-pyrrole nitrogens is 1. The average molecular weight is 434 g/mol. The van der Waals surface area contributed by atoms with Gasteiger partial charge in [-0.3, -0.25) is 14.7 Å². The molecule has 0 saturated heterocycles. The zero-order valence-electron chi connectivity index (χ0n) is 16.5. The zero-order chi connectivity index (χ0) is 21.4. The summed E-state index contributed by atoms with van der Waals surface area (Å²) in [5, 5.41) is 9.41. The molecule has 10 heteroatoms. The van der Waals surface area contributed by atoms with E-state index >= 15 is 0 Å². The fourth-order valence-electron chi connectivity index (χ4n) is 3.44. The largest absolute Gasteiger partial charge is 0.489 e. The lowest BCUT2D eigenvalue weighted by Gasteiger charge is -2.19. The van der Waals surface area contributed by atoms with Crippen LogP contribution in [0, 0.1) is 0 Å². The SMILES string of the molecule is C.CN1C(=O)[C@@H](NC(=O)c2n[nH]c(Cc3ccccc3)n2)COc2cc3ncoc3cc21. The van der Waals surface area contributed by atoms with E-state index in [0.29, 0.717) is 34.8 Å². The molecule has 1 atom stereocenters. The van der Waals surface area contributed by atoms with E-state index in [1.807, 2.05) is 30.3 Å². The first-order valence-corrected chi connectivity index (χ1v) is 9.62. The predicted molar refractivity (Wildman–Crippen MR) is 117 cm³/mol. The van der Waals surface area contributed by atoms with Gasteiger partial charge in [-0.1, -0.05) is 37.8 Å². The summed E-state index contributed by atoms with van der Waals surface area (Å²) < 4.78 is 11.1. The number of carbonyl (C=O) groups is 2. The van der Waals surface area contributed by atoms with Crippen molar-refractivity contribution in [1.82, 2.24) is 25.5 Å². The van der Waals surface area contributed by atoms with Crippen LogP contribution in [0.3, 0.4) is 0 Å². The Kier molecular flexibility index (Phi) is 5.59. The number of hydrogen-bond donors (Lipinski definition) is 2. The van der Waals surface area contributed by atoms with Crippen LogP contribution >= 0.6 is 0 Å². The maximum absolute atomic E-state index is 12.9. The molecule has 1 aliphatic heterocycles. The Morgan fingerprint density at radius 1 is 1.28 bits per heavy atom. The number of fused-ring (bicyclic) bond motifs is 2. The topological polar surface area (TPSA) is 126 Å². The second kappa shape index (κ2) is 8.50. The molecule has 10 nitrogen and oxygen atoms in total. The number of benzene rings is 2. The Morgan fingerprint density at radius 3 is 2.91 bits per heavy atom. The summed E-state index contributed by atoms with van der Waals surface area (Å²) >= 11 is 0. The van der Waals surface area contributed by atoms with Crippen LogP contribution in [-0.4, -0.2) is 51.7 Å². The Morgan fingerprint density at radius 2 is 2.09 bits per heavy atom. The van der Waals surface area contributed by atoms with Gasteiger partial charge in [-0.05, 0) is 5.56 Å². The Hall–Kier alpha value is -4.21. The second-order valence-electron chi connectivity index (χ2n) is 7.14. The van der Waals surface area contributed by atoms with Crippen molar-refractivity contribution in [2.75, 3.05) is 18.6 Å². The molecule has 0 radical (unpaired) electrons. The minimum Gasteiger partial charge on any atom is -0.489 e. The molecule has 0 saturated carbocycles. The van der Waals surface area contributed by atoms with Crippen LogP contribution in [0.2, 0.25) is 0 Å². The molecule has 0 bridgehead atoms. The van der Waals surface area contributed by atoms with Crippen molar-refractivity contribution in [3.05, 3.63) is 66.1 Å². The highest BCUT2D eigenvalue weighted by atomic mass is 16.5.